The van der Waals surface area contributed by atoms with E-state index in [-0.39, 0.29) is 5.91 Å². The average molecular weight is 321 g/mol. The summed E-state index contributed by atoms with van der Waals surface area (Å²) in [6.07, 6.45) is 2.68. The lowest BCUT2D eigenvalue weighted by molar-refractivity contribution is -0.122. The van der Waals surface area contributed by atoms with Crippen LogP contribution in [-0.4, -0.2) is 41.9 Å². The van der Waals surface area contributed by atoms with Crippen molar-refractivity contribution in [3.8, 4) is 0 Å². The fraction of sp³-hybridized carbons (Fsp3) is 0.467. The monoisotopic (exact) mass is 321 g/mol. The second kappa shape index (κ2) is 4.81. The highest BCUT2D eigenvalue weighted by Crippen LogP contribution is 2.41. The Labute approximate surface area is 129 Å². The average Bonchev–Trinajstić information content (AvgIpc) is 2.73. The normalized spacial score (nSPS) is 17.2. The zero-order chi connectivity index (χ0) is 16.1. The molecule has 1 heterocycles. The molecular weight excluding hydrogens is 302 g/mol. The largest absolute Gasteiger partial charge is 0.313 e. The van der Waals surface area contributed by atoms with Gasteiger partial charge in [-0.2, -0.15) is 0 Å². The Morgan fingerprint density at radius 2 is 1.95 bits per heavy atom. The van der Waals surface area contributed by atoms with Gasteiger partial charge >= 0.3 is 0 Å². The molecule has 0 bridgehead atoms. The highest BCUT2D eigenvalue weighted by molar-refractivity contribution is 7.93. The molecule has 0 aliphatic heterocycles. The zero-order valence-electron chi connectivity index (χ0n) is 12.9. The van der Waals surface area contributed by atoms with Crippen LogP contribution < -0.4 is 4.90 Å². The summed E-state index contributed by atoms with van der Waals surface area (Å²) in [5, 5.41) is 0. The molecule has 0 unspecified atom stereocenters. The molecule has 22 heavy (non-hydrogen) atoms. The minimum atomic E-state index is -3.45. The van der Waals surface area contributed by atoms with Crippen LogP contribution in [0, 0.1) is 0 Å². The van der Waals surface area contributed by atoms with E-state index < -0.39 is 14.6 Å². The van der Waals surface area contributed by atoms with Gasteiger partial charge in [0, 0.05) is 20.4 Å². The van der Waals surface area contributed by atoms with Crippen molar-refractivity contribution < 1.29 is 13.2 Å². The van der Waals surface area contributed by atoms with Crippen LogP contribution in [0.2, 0.25) is 0 Å². The lowest BCUT2D eigenvalue weighted by atomic mass is 9.83. The van der Waals surface area contributed by atoms with Crippen molar-refractivity contribution in [1.29, 1.82) is 0 Å². The van der Waals surface area contributed by atoms with Crippen LogP contribution >= 0.6 is 0 Å². The highest BCUT2D eigenvalue weighted by Gasteiger charge is 2.54. The molecule has 2 aromatic rings. The van der Waals surface area contributed by atoms with Crippen LogP contribution in [0.15, 0.2) is 24.3 Å². The lowest BCUT2D eigenvalue weighted by Crippen LogP contribution is -2.57. The summed E-state index contributed by atoms with van der Waals surface area (Å²) in [4.78, 5) is 18.7. The zero-order valence-corrected chi connectivity index (χ0v) is 13.7. The molecule has 0 N–H and O–H groups in total. The summed E-state index contributed by atoms with van der Waals surface area (Å²) in [5.74, 6) is 0.0702. The molecule has 1 amide bonds. The quantitative estimate of drug-likeness (QED) is 0.859. The number of anilines is 1. The van der Waals surface area contributed by atoms with Gasteiger partial charge in [-0.15, -0.1) is 0 Å². The first-order valence-corrected chi connectivity index (χ1v) is 9.06. The number of carbonyl (C=O) groups is 1. The Kier molecular flexibility index (Phi) is 3.28. The SMILES string of the molecule is CN(C(=O)C1(S(C)(=O)=O)CCC1)c1nc2ccccc2n1C. The molecule has 118 valence electrons. The molecule has 7 heteroatoms. The van der Waals surface area contributed by atoms with E-state index in [1.807, 2.05) is 35.9 Å². The molecule has 0 atom stereocenters. The number of fused-ring (bicyclic) bond motifs is 1. The Hall–Kier alpha value is -1.89. The van der Waals surface area contributed by atoms with Gasteiger partial charge < -0.3 is 4.57 Å². The van der Waals surface area contributed by atoms with Crippen molar-refractivity contribution in [2.75, 3.05) is 18.2 Å². The van der Waals surface area contributed by atoms with Crippen molar-refractivity contribution in [3.05, 3.63) is 24.3 Å². The number of sulfone groups is 1. The minimum Gasteiger partial charge on any atom is -0.313 e. The number of nitrogens with zero attached hydrogens (tertiary/aromatic N) is 3. The first kappa shape index (κ1) is 15.0. The predicted molar refractivity (Wildman–Crippen MR) is 85.5 cm³/mol. The van der Waals surface area contributed by atoms with Gasteiger partial charge in [0.25, 0.3) is 0 Å². The predicted octanol–water partition coefficient (Wildman–Crippen LogP) is 1.50. The third-order valence-electron chi connectivity index (χ3n) is 4.63. The van der Waals surface area contributed by atoms with E-state index in [1.54, 1.807) is 7.05 Å². The second-order valence-corrected chi connectivity index (χ2v) is 8.27. The fourth-order valence-electron chi connectivity index (χ4n) is 3.07. The molecule has 3 rings (SSSR count). The number of hydrogen-bond donors (Lipinski definition) is 0. The number of aryl methyl sites for hydroxylation is 1. The third kappa shape index (κ3) is 1.95. The number of rotatable bonds is 3. The Balaban J connectivity index is 2.04. The van der Waals surface area contributed by atoms with Crippen molar-refractivity contribution in [1.82, 2.24) is 9.55 Å². The first-order valence-electron chi connectivity index (χ1n) is 7.17. The van der Waals surface area contributed by atoms with E-state index in [9.17, 15) is 13.2 Å². The molecular formula is C15H19N3O3S. The minimum absolute atomic E-state index is 0.388. The van der Waals surface area contributed by atoms with E-state index >= 15 is 0 Å². The van der Waals surface area contributed by atoms with Gasteiger partial charge in [0.15, 0.2) is 14.6 Å². The number of imidazole rings is 1. The molecule has 1 aromatic heterocycles. The van der Waals surface area contributed by atoms with Gasteiger partial charge in [-0.05, 0) is 31.4 Å². The summed E-state index contributed by atoms with van der Waals surface area (Å²) in [5.41, 5.74) is 1.68. The smallest absolute Gasteiger partial charge is 0.250 e. The fourth-order valence-corrected chi connectivity index (χ4v) is 4.55. The Morgan fingerprint density at radius 1 is 1.32 bits per heavy atom. The number of amides is 1. The molecule has 1 aliphatic rings. The number of carbonyl (C=O) groups excluding carboxylic acids is 1. The molecule has 0 spiro atoms. The van der Waals surface area contributed by atoms with E-state index in [1.165, 1.54) is 4.90 Å². The van der Waals surface area contributed by atoms with Gasteiger partial charge in [-0.1, -0.05) is 12.1 Å². The molecule has 1 aliphatic carbocycles. The summed E-state index contributed by atoms with van der Waals surface area (Å²) < 4.78 is 24.7. The second-order valence-electron chi connectivity index (χ2n) is 5.94. The Morgan fingerprint density at radius 3 is 2.45 bits per heavy atom. The molecule has 1 saturated carbocycles. The number of hydrogen-bond acceptors (Lipinski definition) is 4. The van der Waals surface area contributed by atoms with Crippen LogP contribution in [0.25, 0.3) is 11.0 Å². The molecule has 1 fully saturated rings. The van der Waals surface area contributed by atoms with Crippen LogP contribution in [0.4, 0.5) is 5.95 Å². The lowest BCUT2D eigenvalue weighted by Gasteiger charge is -2.40. The van der Waals surface area contributed by atoms with Crippen LogP contribution in [0.1, 0.15) is 19.3 Å². The van der Waals surface area contributed by atoms with Gasteiger partial charge in [0.2, 0.25) is 11.9 Å². The van der Waals surface area contributed by atoms with E-state index in [0.29, 0.717) is 18.8 Å². The topological polar surface area (TPSA) is 72.3 Å². The molecule has 0 saturated heterocycles. The van der Waals surface area contributed by atoms with Gasteiger partial charge in [-0.3, -0.25) is 9.69 Å². The van der Waals surface area contributed by atoms with E-state index in [4.69, 9.17) is 0 Å². The number of para-hydroxylation sites is 2. The molecule has 0 radical (unpaired) electrons. The maximum absolute atomic E-state index is 12.8. The van der Waals surface area contributed by atoms with Crippen molar-refractivity contribution in [2.45, 2.75) is 24.0 Å². The van der Waals surface area contributed by atoms with E-state index in [0.717, 1.165) is 23.7 Å². The standard InChI is InChI=1S/C15H19N3O3S/c1-17-12-8-5-4-7-11(12)16-14(17)18(2)13(19)15(9-6-10-15)22(3,20)21/h4-5,7-8H,6,9-10H2,1-3H3. The molecule has 6 nitrogen and oxygen atoms in total. The number of benzene rings is 1. The van der Waals surface area contributed by atoms with Crippen LogP contribution in [-0.2, 0) is 21.7 Å². The Bertz CT molecular complexity index is 850. The van der Waals surface area contributed by atoms with E-state index in [2.05, 4.69) is 4.98 Å². The van der Waals surface area contributed by atoms with Crippen LogP contribution in [0.3, 0.4) is 0 Å². The number of aromatic nitrogens is 2. The summed E-state index contributed by atoms with van der Waals surface area (Å²) in [6.45, 7) is 0. The van der Waals surface area contributed by atoms with Crippen molar-refractivity contribution >= 4 is 32.7 Å². The molecule has 1 aromatic carbocycles. The van der Waals surface area contributed by atoms with Gasteiger partial charge in [0.05, 0.1) is 11.0 Å². The highest BCUT2D eigenvalue weighted by atomic mass is 32.2. The summed E-state index contributed by atoms with van der Waals surface area (Å²) in [7, 11) is -0.0373. The van der Waals surface area contributed by atoms with Gasteiger partial charge in [0.1, 0.15) is 0 Å². The van der Waals surface area contributed by atoms with Crippen LogP contribution in [0.5, 0.6) is 0 Å². The van der Waals surface area contributed by atoms with Crippen molar-refractivity contribution in [3.63, 3.8) is 0 Å². The summed E-state index contributed by atoms with van der Waals surface area (Å²) >= 11 is 0. The van der Waals surface area contributed by atoms with Crippen molar-refractivity contribution in [2.24, 2.45) is 7.05 Å². The van der Waals surface area contributed by atoms with Gasteiger partial charge in [-0.25, -0.2) is 13.4 Å². The maximum atomic E-state index is 12.8. The maximum Gasteiger partial charge on any atom is 0.250 e. The first-order chi connectivity index (χ1) is 10.3. The third-order valence-corrected chi connectivity index (χ3v) is 6.63. The summed E-state index contributed by atoms with van der Waals surface area (Å²) in [6, 6.07) is 7.57.